The highest BCUT2D eigenvalue weighted by atomic mass is 16.5. The Morgan fingerprint density at radius 1 is 1.25 bits per heavy atom. The summed E-state index contributed by atoms with van der Waals surface area (Å²) in [6, 6.07) is 5.85. The van der Waals surface area contributed by atoms with E-state index in [1.165, 1.54) is 6.42 Å². The zero-order valence-corrected chi connectivity index (χ0v) is 18.6. The van der Waals surface area contributed by atoms with Gasteiger partial charge in [-0.3, -0.25) is 19.7 Å². The van der Waals surface area contributed by atoms with Gasteiger partial charge >= 0.3 is 0 Å². The summed E-state index contributed by atoms with van der Waals surface area (Å²) in [7, 11) is 1.60. The molecule has 3 aliphatic rings. The number of amides is 3. The van der Waals surface area contributed by atoms with Crippen LogP contribution in [0, 0.1) is 0 Å². The fourth-order valence-electron chi connectivity index (χ4n) is 4.53. The third-order valence-corrected chi connectivity index (χ3v) is 6.26. The molecule has 0 aromatic heterocycles. The number of hydrogen-bond acceptors (Lipinski definition) is 6. The van der Waals surface area contributed by atoms with Crippen molar-refractivity contribution in [1.82, 2.24) is 20.4 Å². The molecular weight excluding hydrogens is 410 g/mol. The Balaban J connectivity index is 1.28. The summed E-state index contributed by atoms with van der Waals surface area (Å²) in [5, 5.41) is 5.38. The predicted molar refractivity (Wildman–Crippen MR) is 119 cm³/mol. The van der Waals surface area contributed by atoms with Gasteiger partial charge in [-0.25, -0.2) is 4.99 Å². The molecule has 0 atom stereocenters. The number of guanidine groups is 1. The lowest BCUT2D eigenvalue weighted by Gasteiger charge is -2.34. The maximum Gasteiger partial charge on any atom is 0.246 e. The molecule has 2 heterocycles. The number of aliphatic imine (C=N–C) groups is 1. The van der Waals surface area contributed by atoms with Gasteiger partial charge in [0.1, 0.15) is 12.3 Å². The van der Waals surface area contributed by atoms with E-state index >= 15 is 0 Å². The van der Waals surface area contributed by atoms with Crippen molar-refractivity contribution in [3.8, 4) is 5.75 Å². The van der Waals surface area contributed by atoms with Gasteiger partial charge in [-0.15, -0.1) is 0 Å². The number of ether oxygens (including phenoxy) is 1. The van der Waals surface area contributed by atoms with Crippen molar-refractivity contribution in [1.29, 1.82) is 0 Å². The number of carbonyl (C=O) groups excluding carboxylic acids is 3. The Hall–Kier alpha value is -3.10. The van der Waals surface area contributed by atoms with Crippen molar-refractivity contribution in [2.75, 3.05) is 26.7 Å². The fraction of sp³-hybridized carbons (Fsp3) is 0.565. The molecule has 1 aromatic carbocycles. The van der Waals surface area contributed by atoms with Crippen LogP contribution in [0.4, 0.5) is 5.69 Å². The Morgan fingerprint density at radius 2 is 2.06 bits per heavy atom. The highest BCUT2D eigenvalue weighted by molar-refractivity contribution is 6.05. The highest BCUT2D eigenvalue weighted by Gasteiger charge is 2.29. The van der Waals surface area contributed by atoms with Gasteiger partial charge < -0.3 is 19.9 Å². The molecule has 2 aliphatic heterocycles. The summed E-state index contributed by atoms with van der Waals surface area (Å²) in [5.74, 6) is 1.17. The molecular formula is C23H31N5O4. The van der Waals surface area contributed by atoms with Crippen molar-refractivity contribution in [3.63, 3.8) is 0 Å². The van der Waals surface area contributed by atoms with Crippen molar-refractivity contribution < 1.29 is 19.1 Å². The van der Waals surface area contributed by atoms with Crippen molar-refractivity contribution >= 4 is 29.4 Å². The van der Waals surface area contributed by atoms with Crippen LogP contribution in [0.1, 0.15) is 50.5 Å². The van der Waals surface area contributed by atoms with E-state index in [9.17, 15) is 14.4 Å². The van der Waals surface area contributed by atoms with Crippen LogP contribution in [0.15, 0.2) is 23.2 Å². The molecule has 9 heteroatoms. The minimum Gasteiger partial charge on any atom is -0.494 e. The molecule has 1 saturated carbocycles. The van der Waals surface area contributed by atoms with Crippen LogP contribution in [0.2, 0.25) is 0 Å². The second-order valence-corrected chi connectivity index (χ2v) is 8.57. The molecule has 172 valence electrons. The Kier molecular flexibility index (Phi) is 6.92. The number of fused-ring (bicyclic) bond motifs is 2. The lowest BCUT2D eigenvalue weighted by molar-refractivity contribution is -0.139. The number of rotatable bonds is 8. The van der Waals surface area contributed by atoms with Crippen LogP contribution in [0.5, 0.6) is 5.75 Å². The summed E-state index contributed by atoms with van der Waals surface area (Å²) >= 11 is 0. The summed E-state index contributed by atoms with van der Waals surface area (Å²) in [4.78, 5) is 44.5. The summed E-state index contributed by atoms with van der Waals surface area (Å²) in [6.07, 6.45) is 6.29. The van der Waals surface area contributed by atoms with Gasteiger partial charge in [-0.2, -0.15) is 0 Å². The summed E-state index contributed by atoms with van der Waals surface area (Å²) in [6.45, 7) is 1.47. The molecule has 1 aliphatic carbocycles. The first-order valence-electron chi connectivity index (χ1n) is 11.4. The third kappa shape index (κ3) is 5.20. The van der Waals surface area contributed by atoms with E-state index < -0.39 is 0 Å². The number of carbonyl (C=O) groups is 3. The third-order valence-electron chi connectivity index (χ3n) is 6.26. The molecule has 0 bridgehead atoms. The monoisotopic (exact) mass is 441 g/mol. The molecule has 1 aromatic rings. The topological polar surface area (TPSA) is 103 Å². The van der Waals surface area contributed by atoms with Crippen LogP contribution in [-0.2, 0) is 20.9 Å². The van der Waals surface area contributed by atoms with Gasteiger partial charge in [0.15, 0.2) is 0 Å². The first-order chi connectivity index (χ1) is 15.5. The average Bonchev–Trinajstić information content (AvgIpc) is 3.17. The molecule has 0 unspecified atom stereocenters. The van der Waals surface area contributed by atoms with E-state index in [1.807, 2.05) is 23.1 Å². The molecule has 32 heavy (non-hydrogen) atoms. The van der Waals surface area contributed by atoms with Gasteiger partial charge in [0.05, 0.1) is 18.8 Å². The van der Waals surface area contributed by atoms with Crippen LogP contribution in [-0.4, -0.2) is 66.3 Å². The molecule has 9 nitrogen and oxygen atoms in total. The van der Waals surface area contributed by atoms with E-state index in [0.717, 1.165) is 42.7 Å². The number of hydrogen-bond donors (Lipinski definition) is 2. The second kappa shape index (κ2) is 10.0. The van der Waals surface area contributed by atoms with E-state index in [0.29, 0.717) is 38.5 Å². The SMILES string of the molecule is CNC(=O)CN(C(=O)CCCOc1ccc2c(c1)CN1CC(=O)NC1=N2)C1CCCCC1. The zero-order valence-electron chi connectivity index (χ0n) is 18.6. The summed E-state index contributed by atoms with van der Waals surface area (Å²) in [5.41, 5.74) is 1.84. The average molecular weight is 442 g/mol. The van der Waals surface area contributed by atoms with Crippen molar-refractivity contribution in [2.45, 2.75) is 57.5 Å². The van der Waals surface area contributed by atoms with Gasteiger partial charge in [0, 0.05) is 31.6 Å². The van der Waals surface area contributed by atoms with Gasteiger partial charge in [-0.05, 0) is 37.5 Å². The lowest BCUT2D eigenvalue weighted by Crippen LogP contribution is -2.46. The zero-order chi connectivity index (χ0) is 22.5. The largest absolute Gasteiger partial charge is 0.494 e. The Labute approximate surface area is 188 Å². The normalized spacial score (nSPS) is 17.7. The lowest BCUT2D eigenvalue weighted by atomic mass is 9.94. The van der Waals surface area contributed by atoms with Crippen molar-refractivity contribution in [3.05, 3.63) is 23.8 Å². The Morgan fingerprint density at radius 3 is 2.84 bits per heavy atom. The highest BCUT2D eigenvalue weighted by Crippen LogP contribution is 2.30. The van der Waals surface area contributed by atoms with E-state index in [4.69, 9.17) is 4.74 Å². The van der Waals surface area contributed by atoms with E-state index in [-0.39, 0.29) is 30.3 Å². The molecule has 0 radical (unpaired) electrons. The fourth-order valence-corrected chi connectivity index (χ4v) is 4.53. The number of likely N-dealkylation sites (N-methyl/N-ethyl adjacent to an activating group) is 1. The summed E-state index contributed by atoms with van der Waals surface area (Å²) < 4.78 is 5.88. The van der Waals surface area contributed by atoms with E-state index in [1.54, 1.807) is 11.9 Å². The number of benzene rings is 1. The maximum atomic E-state index is 12.9. The van der Waals surface area contributed by atoms with Crippen LogP contribution < -0.4 is 15.4 Å². The quantitative estimate of drug-likeness (QED) is 0.598. The standard InChI is InChI=1S/C23H31N5O4/c1-24-20(29)15-28(17-6-3-2-4-7-17)22(31)8-5-11-32-18-9-10-19-16(12-18)13-27-14-21(30)26-23(27)25-19/h9-10,12,17H,2-8,11,13-15H2,1H3,(H,24,29)(H,25,26,30). The first kappa shape index (κ1) is 22.1. The van der Waals surface area contributed by atoms with Crippen LogP contribution in [0.3, 0.4) is 0 Å². The van der Waals surface area contributed by atoms with Crippen LogP contribution >= 0.6 is 0 Å². The van der Waals surface area contributed by atoms with Gasteiger partial charge in [0.2, 0.25) is 23.7 Å². The second-order valence-electron chi connectivity index (χ2n) is 8.57. The molecule has 2 fully saturated rings. The van der Waals surface area contributed by atoms with Gasteiger partial charge in [0.25, 0.3) is 0 Å². The van der Waals surface area contributed by atoms with Gasteiger partial charge in [-0.1, -0.05) is 19.3 Å². The minimum absolute atomic E-state index is 0.0163. The first-order valence-corrected chi connectivity index (χ1v) is 11.4. The maximum absolute atomic E-state index is 12.9. The molecule has 3 amide bonds. The minimum atomic E-state index is -0.130. The predicted octanol–water partition coefficient (Wildman–Crippen LogP) is 1.69. The smallest absolute Gasteiger partial charge is 0.246 e. The molecule has 1 saturated heterocycles. The van der Waals surface area contributed by atoms with E-state index in [2.05, 4.69) is 15.6 Å². The number of nitrogens with one attached hydrogen (secondary N) is 2. The van der Waals surface area contributed by atoms with Crippen LogP contribution in [0.25, 0.3) is 0 Å². The molecule has 4 rings (SSSR count). The Bertz CT molecular complexity index is 910. The molecule has 0 spiro atoms. The molecule has 2 N–H and O–H groups in total. The number of nitrogens with zero attached hydrogens (tertiary/aromatic N) is 3. The van der Waals surface area contributed by atoms with Crippen molar-refractivity contribution in [2.24, 2.45) is 4.99 Å².